The molecule has 0 radical (unpaired) electrons. The molecule has 2 saturated carbocycles. The monoisotopic (exact) mass is 404 g/mol. The second-order valence-electron chi connectivity index (χ2n) is 9.08. The van der Waals surface area contributed by atoms with E-state index in [1.807, 2.05) is 13.0 Å². The van der Waals surface area contributed by atoms with Crippen molar-refractivity contribution in [2.45, 2.75) is 44.6 Å². The van der Waals surface area contributed by atoms with Crippen LogP contribution in [0.1, 0.15) is 66.1 Å². The molecule has 2 aromatic rings. The first-order chi connectivity index (χ1) is 14.8. The highest BCUT2D eigenvalue weighted by Crippen LogP contribution is 2.63. The van der Waals surface area contributed by atoms with Crippen LogP contribution in [-0.4, -0.2) is 25.7 Å². The summed E-state index contributed by atoms with van der Waals surface area (Å²) in [4.78, 5) is 12.7. The fourth-order valence-corrected chi connectivity index (χ4v) is 6.24. The molecule has 5 atom stereocenters. The van der Waals surface area contributed by atoms with E-state index in [0.29, 0.717) is 31.0 Å². The standard InChI is InChI=1S/C26H32N2O2/c1-2-30-14-6-13-27-26(29)20-11-12-22-21(16-20)23-18-9-10-19(15-18)24(23)25(28-22)17-7-4-3-5-8-17/h3-5,7-8,11-12,16,18-19,23-25,28H,2,6,9-10,13-15H2,1H3,(H,27,29)/t18-,19-,23-,24+,25-/m0/s1. The zero-order chi connectivity index (χ0) is 20.5. The van der Waals surface area contributed by atoms with Crippen LogP contribution in [0.25, 0.3) is 0 Å². The molecule has 2 N–H and O–H groups in total. The summed E-state index contributed by atoms with van der Waals surface area (Å²) in [7, 11) is 0. The number of benzene rings is 2. The van der Waals surface area contributed by atoms with Crippen LogP contribution in [0.5, 0.6) is 0 Å². The van der Waals surface area contributed by atoms with Crippen LogP contribution in [0.4, 0.5) is 5.69 Å². The van der Waals surface area contributed by atoms with Gasteiger partial charge in [0.2, 0.25) is 0 Å². The van der Waals surface area contributed by atoms with E-state index in [2.05, 4.69) is 53.1 Å². The Morgan fingerprint density at radius 3 is 2.80 bits per heavy atom. The van der Waals surface area contributed by atoms with E-state index in [1.54, 1.807) is 0 Å². The van der Waals surface area contributed by atoms with Crippen molar-refractivity contribution in [3.63, 3.8) is 0 Å². The van der Waals surface area contributed by atoms with Crippen LogP contribution < -0.4 is 10.6 Å². The lowest BCUT2D eigenvalue weighted by Gasteiger charge is -2.43. The number of carbonyl (C=O) groups excluding carboxylic acids is 1. The summed E-state index contributed by atoms with van der Waals surface area (Å²) < 4.78 is 5.36. The quantitative estimate of drug-likeness (QED) is 0.628. The number of hydrogen-bond donors (Lipinski definition) is 2. The van der Waals surface area contributed by atoms with E-state index in [1.165, 1.54) is 36.1 Å². The average Bonchev–Trinajstić information content (AvgIpc) is 3.41. The van der Waals surface area contributed by atoms with Gasteiger partial charge in [0.05, 0.1) is 6.04 Å². The van der Waals surface area contributed by atoms with Crippen molar-refractivity contribution < 1.29 is 9.53 Å². The molecule has 0 unspecified atom stereocenters. The van der Waals surface area contributed by atoms with Crippen molar-refractivity contribution in [3.05, 3.63) is 65.2 Å². The molecule has 4 heteroatoms. The van der Waals surface area contributed by atoms with Crippen molar-refractivity contribution in [2.75, 3.05) is 25.1 Å². The van der Waals surface area contributed by atoms with Gasteiger partial charge in [0.1, 0.15) is 0 Å². The van der Waals surface area contributed by atoms with Gasteiger partial charge in [0.15, 0.2) is 0 Å². The van der Waals surface area contributed by atoms with Crippen LogP contribution in [0.3, 0.4) is 0 Å². The van der Waals surface area contributed by atoms with Gasteiger partial charge in [-0.2, -0.15) is 0 Å². The molecule has 5 rings (SSSR count). The summed E-state index contributed by atoms with van der Waals surface area (Å²) in [6, 6.07) is 17.5. The molecule has 30 heavy (non-hydrogen) atoms. The van der Waals surface area contributed by atoms with E-state index in [0.717, 1.165) is 30.4 Å². The summed E-state index contributed by atoms with van der Waals surface area (Å²) in [5.74, 6) is 2.77. The Labute approximate surface area is 179 Å². The Morgan fingerprint density at radius 2 is 1.97 bits per heavy atom. The zero-order valence-corrected chi connectivity index (χ0v) is 17.8. The van der Waals surface area contributed by atoms with Gasteiger partial charge in [0, 0.05) is 31.0 Å². The molecule has 0 saturated heterocycles. The minimum absolute atomic E-state index is 0.0270. The summed E-state index contributed by atoms with van der Waals surface area (Å²) in [6.45, 7) is 4.06. The Bertz CT molecular complexity index is 897. The van der Waals surface area contributed by atoms with E-state index in [-0.39, 0.29) is 5.91 Å². The first kappa shape index (κ1) is 19.6. The van der Waals surface area contributed by atoms with Gasteiger partial charge < -0.3 is 15.4 Å². The molecule has 158 valence electrons. The third-order valence-electron chi connectivity index (χ3n) is 7.46. The minimum atomic E-state index is 0.0270. The first-order valence-corrected chi connectivity index (χ1v) is 11.6. The topological polar surface area (TPSA) is 50.4 Å². The van der Waals surface area contributed by atoms with Crippen molar-refractivity contribution in [1.29, 1.82) is 0 Å². The highest BCUT2D eigenvalue weighted by molar-refractivity contribution is 5.95. The second kappa shape index (κ2) is 8.43. The van der Waals surface area contributed by atoms with Gasteiger partial charge >= 0.3 is 0 Å². The number of anilines is 1. The number of carbonyl (C=O) groups is 1. The molecule has 1 amide bonds. The predicted molar refractivity (Wildman–Crippen MR) is 120 cm³/mol. The van der Waals surface area contributed by atoms with Crippen molar-refractivity contribution in [3.8, 4) is 0 Å². The van der Waals surface area contributed by atoms with Gasteiger partial charge in [-0.1, -0.05) is 30.3 Å². The predicted octanol–water partition coefficient (Wildman–Crippen LogP) is 5.14. The van der Waals surface area contributed by atoms with Crippen LogP contribution in [-0.2, 0) is 4.74 Å². The maximum absolute atomic E-state index is 12.7. The van der Waals surface area contributed by atoms with E-state index in [4.69, 9.17) is 4.74 Å². The lowest BCUT2D eigenvalue weighted by Crippen LogP contribution is -2.35. The summed E-state index contributed by atoms with van der Waals surface area (Å²) >= 11 is 0. The number of nitrogens with one attached hydrogen (secondary N) is 2. The molecule has 2 aliphatic carbocycles. The molecule has 2 aromatic carbocycles. The number of ether oxygens (including phenoxy) is 1. The second-order valence-corrected chi connectivity index (χ2v) is 9.08. The van der Waals surface area contributed by atoms with E-state index in [9.17, 15) is 4.79 Å². The molecule has 0 aromatic heterocycles. The number of hydrogen-bond acceptors (Lipinski definition) is 3. The van der Waals surface area contributed by atoms with Crippen molar-refractivity contribution in [1.82, 2.24) is 5.32 Å². The molecule has 0 spiro atoms. The van der Waals surface area contributed by atoms with Crippen LogP contribution >= 0.6 is 0 Å². The highest BCUT2D eigenvalue weighted by Gasteiger charge is 2.53. The highest BCUT2D eigenvalue weighted by atomic mass is 16.5. The van der Waals surface area contributed by atoms with E-state index < -0.39 is 0 Å². The maximum Gasteiger partial charge on any atom is 0.251 e. The zero-order valence-electron chi connectivity index (χ0n) is 17.8. The normalized spacial score (nSPS) is 28.5. The third kappa shape index (κ3) is 3.51. The number of rotatable bonds is 7. The van der Waals surface area contributed by atoms with Crippen LogP contribution in [0.15, 0.2) is 48.5 Å². The lowest BCUT2D eigenvalue weighted by atomic mass is 9.68. The fourth-order valence-electron chi connectivity index (χ4n) is 6.24. The summed E-state index contributed by atoms with van der Waals surface area (Å²) in [5.41, 5.74) is 4.75. The van der Waals surface area contributed by atoms with E-state index >= 15 is 0 Å². The molecule has 1 aliphatic heterocycles. The van der Waals surface area contributed by atoms with Gasteiger partial charge in [0.25, 0.3) is 5.91 Å². The third-order valence-corrected chi connectivity index (χ3v) is 7.46. The van der Waals surface area contributed by atoms with Crippen molar-refractivity contribution >= 4 is 11.6 Å². The SMILES string of the molecule is CCOCCCNC(=O)c1ccc2c(c1)[C@@H]1[C@H]3CC[C@@H](C3)[C@H]1[C@H](c1ccccc1)N2. The van der Waals surface area contributed by atoms with Gasteiger partial charge in [-0.15, -0.1) is 0 Å². The summed E-state index contributed by atoms with van der Waals surface area (Å²) in [5, 5.41) is 6.91. The fraction of sp³-hybridized carbons (Fsp3) is 0.500. The number of amides is 1. The molecule has 2 bridgehead atoms. The minimum Gasteiger partial charge on any atom is -0.382 e. The number of fused-ring (bicyclic) bond motifs is 7. The molecule has 3 aliphatic rings. The van der Waals surface area contributed by atoms with Gasteiger partial charge in [-0.05, 0) is 85.6 Å². The Kier molecular flexibility index (Phi) is 5.51. The molecule has 4 nitrogen and oxygen atoms in total. The Hall–Kier alpha value is -2.33. The van der Waals surface area contributed by atoms with Crippen LogP contribution in [0.2, 0.25) is 0 Å². The van der Waals surface area contributed by atoms with Gasteiger partial charge in [-0.3, -0.25) is 4.79 Å². The van der Waals surface area contributed by atoms with Crippen molar-refractivity contribution in [2.24, 2.45) is 17.8 Å². The molecular weight excluding hydrogens is 372 g/mol. The first-order valence-electron chi connectivity index (χ1n) is 11.6. The molecule has 2 fully saturated rings. The van der Waals surface area contributed by atoms with Gasteiger partial charge in [-0.25, -0.2) is 0 Å². The summed E-state index contributed by atoms with van der Waals surface area (Å²) in [6.07, 6.45) is 4.87. The average molecular weight is 405 g/mol. The lowest BCUT2D eigenvalue weighted by molar-refractivity contribution is 0.0944. The molecular formula is C26H32N2O2. The van der Waals surface area contributed by atoms with Crippen LogP contribution in [0, 0.1) is 17.8 Å². The largest absolute Gasteiger partial charge is 0.382 e. The Balaban J connectivity index is 1.39. The Morgan fingerprint density at radius 1 is 1.13 bits per heavy atom. The maximum atomic E-state index is 12.7. The molecule has 1 heterocycles. The smallest absolute Gasteiger partial charge is 0.251 e.